The van der Waals surface area contributed by atoms with Gasteiger partial charge in [0.05, 0.1) is 16.0 Å². The first-order valence-corrected chi connectivity index (χ1v) is 8.28. The molecular formula is C16H8Br2N4O2. The Kier molecular flexibility index (Phi) is 4.46. The van der Waals surface area contributed by atoms with E-state index in [2.05, 4.69) is 48.2 Å². The Balaban J connectivity index is 2.07. The third kappa shape index (κ3) is 3.22. The highest BCUT2D eigenvalue weighted by molar-refractivity contribution is 9.13. The van der Waals surface area contributed by atoms with Crippen molar-refractivity contribution in [2.45, 2.75) is 0 Å². The van der Waals surface area contributed by atoms with Gasteiger partial charge in [-0.1, -0.05) is 0 Å². The van der Waals surface area contributed by atoms with Crippen molar-refractivity contribution >= 4 is 60.0 Å². The summed E-state index contributed by atoms with van der Waals surface area (Å²) in [7, 11) is 0. The van der Waals surface area contributed by atoms with Crippen molar-refractivity contribution in [1.29, 1.82) is 5.26 Å². The number of non-ortho nitro benzene ring substituents is 1. The number of rotatable bonds is 3. The van der Waals surface area contributed by atoms with Gasteiger partial charge in [-0.05, 0) is 62.2 Å². The van der Waals surface area contributed by atoms with Gasteiger partial charge in [-0.15, -0.1) is 0 Å². The molecule has 0 amide bonds. The Morgan fingerprint density at radius 2 is 1.92 bits per heavy atom. The van der Waals surface area contributed by atoms with Gasteiger partial charge in [0.15, 0.2) is 0 Å². The highest BCUT2D eigenvalue weighted by Gasteiger charge is 2.11. The molecule has 0 aliphatic carbocycles. The van der Waals surface area contributed by atoms with Crippen LogP contribution in [-0.4, -0.2) is 9.91 Å². The Labute approximate surface area is 153 Å². The smallest absolute Gasteiger partial charge is 0.270 e. The van der Waals surface area contributed by atoms with Gasteiger partial charge >= 0.3 is 0 Å². The number of hydrogen-bond acceptors (Lipinski definition) is 5. The third-order valence-corrected chi connectivity index (χ3v) is 5.19. The van der Waals surface area contributed by atoms with E-state index in [0.717, 1.165) is 14.6 Å². The highest BCUT2D eigenvalue weighted by atomic mass is 79.9. The number of benzene rings is 2. The monoisotopic (exact) mass is 446 g/mol. The molecule has 118 valence electrons. The molecule has 0 saturated carbocycles. The fourth-order valence-electron chi connectivity index (χ4n) is 2.17. The molecule has 3 aromatic rings. The zero-order valence-corrected chi connectivity index (χ0v) is 15.1. The summed E-state index contributed by atoms with van der Waals surface area (Å²) in [5.41, 5.74) is 1.60. The zero-order valence-electron chi connectivity index (χ0n) is 12.0. The van der Waals surface area contributed by atoms with Crippen LogP contribution < -0.4 is 5.32 Å². The van der Waals surface area contributed by atoms with Crippen molar-refractivity contribution < 1.29 is 4.92 Å². The fourth-order valence-corrected chi connectivity index (χ4v) is 2.79. The van der Waals surface area contributed by atoms with E-state index in [1.165, 1.54) is 12.1 Å². The minimum absolute atomic E-state index is 0.0364. The van der Waals surface area contributed by atoms with Gasteiger partial charge in [0.2, 0.25) is 0 Å². The van der Waals surface area contributed by atoms with Gasteiger partial charge in [-0.25, -0.2) is 4.98 Å². The lowest BCUT2D eigenvalue weighted by molar-refractivity contribution is -0.384. The van der Waals surface area contributed by atoms with Crippen LogP contribution in [-0.2, 0) is 0 Å². The number of nitro benzene ring substituents is 1. The average Bonchev–Trinajstić information content (AvgIpc) is 2.57. The van der Waals surface area contributed by atoms with E-state index >= 15 is 0 Å². The van der Waals surface area contributed by atoms with Crippen LogP contribution in [0.2, 0.25) is 0 Å². The van der Waals surface area contributed by atoms with Gasteiger partial charge in [0.1, 0.15) is 11.9 Å². The summed E-state index contributed by atoms with van der Waals surface area (Å²) in [6, 6.07) is 13.6. The summed E-state index contributed by atoms with van der Waals surface area (Å²) in [6.07, 6.45) is 0. The van der Waals surface area contributed by atoms with E-state index < -0.39 is 4.92 Å². The van der Waals surface area contributed by atoms with Gasteiger partial charge in [0.25, 0.3) is 5.69 Å². The topological polar surface area (TPSA) is 91.8 Å². The number of anilines is 2. The molecule has 1 heterocycles. The average molecular weight is 448 g/mol. The van der Waals surface area contributed by atoms with Crippen molar-refractivity contribution in [1.82, 2.24) is 4.98 Å². The van der Waals surface area contributed by atoms with Crippen LogP contribution in [0.5, 0.6) is 0 Å². The Bertz CT molecular complexity index is 1010. The quantitative estimate of drug-likeness (QED) is 0.435. The van der Waals surface area contributed by atoms with Crippen LogP contribution in [0.1, 0.15) is 5.56 Å². The number of halogens is 2. The molecular weight excluding hydrogens is 440 g/mol. The molecule has 1 aromatic heterocycles. The molecule has 1 N–H and O–H groups in total. The molecule has 0 atom stereocenters. The maximum Gasteiger partial charge on any atom is 0.270 e. The molecule has 0 spiro atoms. The van der Waals surface area contributed by atoms with Gasteiger partial charge in [-0.3, -0.25) is 10.1 Å². The molecule has 0 fully saturated rings. The lowest BCUT2D eigenvalue weighted by Gasteiger charge is -2.10. The molecule has 0 aliphatic heterocycles. The van der Waals surface area contributed by atoms with E-state index in [0.29, 0.717) is 22.3 Å². The maximum atomic E-state index is 10.9. The first-order chi connectivity index (χ1) is 11.5. The van der Waals surface area contributed by atoms with Gasteiger partial charge < -0.3 is 5.32 Å². The SMILES string of the molecule is N#Cc1cc2cc([N+](=O)[O-])ccc2nc1Nc1ccc(Br)c(Br)c1. The second-order valence-electron chi connectivity index (χ2n) is 4.88. The van der Waals surface area contributed by atoms with E-state index in [1.807, 2.05) is 18.2 Å². The number of fused-ring (bicyclic) bond motifs is 1. The highest BCUT2D eigenvalue weighted by Crippen LogP contribution is 2.29. The first kappa shape index (κ1) is 16.4. The Morgan fingerprint density at radius 3 is 2.58 bits per heavy atom. The molecule has 2 aromatic carbocycles. The molecule has 6 nitrogen and oxygen atoms in total. The second-order valence-corrected chi connectivity index (χ2v) is 6.59. The zero-order chi connectivity index (χ0) is 17.3. The Morgan fingerprint density at radius 1 is 1.12 bits per heavy atom. The van der Waals surface area contributed by atoms with E-state index in [4.69, 9.17) is 0 Å². The summed E-state index contributed by atoms with van der Waals surface area (Å²) in [5, 5.41) is 23.9. The maximum absolute atomic E-state index is 10.9. The standard InChI is InChI=1S/C16H8Br2N4O2/c17-13-3-1-11(7-14(13)18)20-16-10(8-19)5-9-6-12(22(23)24)2-4-15(9)21-16/h1-7H,(H,20,21). The van der Waals surface area contributed by atoms with Crippen LogP contribution in [0, 0.1) is 21.4 Å². The third-order valence-electron chi connectivity index (χ3n) is 3.31. The largest absolute Gasteiger partial charge is 0.339 e. The lowest BCUT2D eigenvalue weighted by atomic mass is 10.1. The number of hydrogen-bond donors (Lipinski definition) is 1. The summed E-state index contributed by atoms with van der Waals surface area (Å²) in [5.74, 6) is 0.396. The second kappa shape index (κ2) is 6.55. The summed E-state index contributed by atoms with van der Waals surface area (Å²) >= 11 is 6.82. The summed E-state index contributed by atoms with van der Waals surface area (Å²) in [6.45, 7) is 0. The first-order valence-electron chi connectivity index (χ1n) is 6.69. The number of nitrogens with one attached hydrogen (secondary N) is 1. The minimum atomic E-state index is -0.475. The fraction of sp³-hybridized carbons (Fsp3) is 0. The molecule has 0 radical (unpaired) electrons. The van der Waals surface area contributed by atoms with E-state index in [1.54, 1.807) is 12.1 Å². The number of pyridine rings is 1. The Hall–Kier alpha value is -2.50. The summed E-state index contributed by atoms with van der Waals surface area (Å²) < 4.78 is 1.77. The van der Waals surface area contributed by atoms with Crippen molar-refractivity contribution in [2.24, 2.45) is 0 Å². The lowest BCUT2D eigenvalue weighted by Crippen LogP contribution is -1.98. The van der Waals surface area contributed by atoms with Gasteiger partial charge in [-0.2, -0.15) is 5.26 Å². The van der Waals surface area contributed by atoms with Crippen molar-refractivity contribution in [2.75, 3.05) is 5.32 Å². The molecule has 0 bridgehead atoms. The van der Waals surface area contributed by atoms with Crippen LogP contribution in [0.25, 0.3) is 10.9 Å². The summed E-state index contributed by atoms with van der Waals surface area (Å²) in [4.78, 5) is 14.8. The van der Waals surface area contributed by atoms with E-state index in [9.17, 15) is 15.4 Å². The number of nitriles is 1. The molecule has 0 aliphatic rings. The minimum Gasteiger partial charge on any atom is -0.339 e. The van der Waals surface area contributed by atoms with Gasteiger partial charge in [0, 0.05) is 32.2 Å². The predicted octanol–water partition coefficient (Wildman–Crippen LogP) is 5.28. The molecule has 3 rings (SSSR count). The molecule has 8 heteroatoms. The van der Waals surface area contributed by atoms with Crippen LogP contribution in [0.3, 0.4) is 0 Å². The number of aromatic nitrogens is 1. The van der Waals surface area contributed by atoms with Crippen LogP contribution in [0.15, 0.2) is 51.4 Å². The van der Waals surface area contributed by atoms with Crippen molar-refractivity contribution in [3.05, 3.63) is 67.1 Å². The molecule has 0 saturated heterocycles. The van der Waals surface area contributed by atoms with E-state index in [-0.39, 0.29) is 5.69 Å². The van der Waals surface area contributed by atoms with Crippen molar-refractivity contribution in [3.8, 4) is 6.07 Å². The van der Waals surface area contributed by atoms with Crippen molar-refractivity contribution in [3.63, 3.8) is 0 Å². The normalized spacial score (nSPS) is 10.4. The number of nitro groups is 1. The molecule has 24 heavy (non-hydrogen) atoms. The number of nitrogens with zero attached hydrogens (tertiary/aromatic N) is 3. The van der Waals surface area contributed by atoms with Crippen LogP contribution >= 0.6 is 31.9 Å². The molecule has 0 unspecified atom stereocenters. The van der Waals surface area contributed by atoms with Crippen LogP contribution in [0.4, 0.5) is 17.2 Å². The predicted molar refractivity (Wildman–Crippen MR) is 98.2 cm³/mol.